The van der Waals surface area contributed by atoms with Gasteiger partial charge in [0.15, 0.2) is 5.96 Å². The number of guanidine groups is 1. The van der Waals surface area contributed by atoms with Crippen LogP contribution in [0.1, 0.15) is 29.2 Å². The molecule has 0 aromatic heterocycles. The Labute approximate surface area is 175 Å². The smallest absolute Gasteiger partial charge is 0.380 e. The van der Waals surface area contributed by atoms with Gasteiger partial charge in [0.05, 0.1) is 19.8 Å². The highest BCUT2D eigenvalue weighted by Gasteiger charge is 2.27. The number of benzene rings is 2. The van der Waals surface area contributed by atoms with Crippen molar-refractivity contribution in [1.82, 2.24) is 10.6 Å². The van der Waals surface area contributed by atoms with Gasteiger partial charge in [-0.3, -0.25) is 0 Å². The zero-order valence-corrected chi connectivity index (χ0v) is 17.3. The van der Waals surface area contributed by atoms with Crippen LogP contribution in [0.3, 0.4) is 0 Å². The number of nitrogens with one attached hydrogen (secondary N) is 2. The van der Waals surface area contributed by atoms with Crippen molar-refractivity contribution in [2.75, 3.05) is 20.3 Å². The first-order chi connectivity index (χ1) is 14.4. The number of rotatable bonds is 10. The Balaban J connectivity index is 1.91. The fourth-order valence-electron chi connectivity index (χ4n) is 2.74. The second kappa shape index (κ2) is 12.2. The highest BCUT2D eigenvalue weighted by molar-refractivity contribution is 5.79. The van der Waals surface area contributed by atoms with E-state index < -0.39 is 12.8 Å². The van der Waals surface area contributed by atoms with Crippen LogP contribution < -0.4 is 10.6 Å². The second-order valence-electron chi connectivity index (χ2n) is 6.67. The molecule has 0 aliphatic carbocycles. The lowest BCUT2D eigenvalue weighted by Gasteiger charge is -2.14. The molecule has 0 radical (unpaired) electrons. The van der Waals surface area contributed by atoms with E-state index in [0.29, 0.717) is 31.2 Å². The summed E-state index contributed by atoms with van der Waals surface area (Å²) in [5, 5.41) is 6.53. The van der Waals surface area contributed by atoms with Crippen LogP contribution in [0.2, 0.25) is 0 Å². The fourth-order valence-corrected chi connectivity index (χ4v) is 2.74. The Morgan fingerprint density at radius 1 is 0.933 bits per heavy atom. The van der Waals surface area contributed by atoms with Crippen LogP contribution in [0.5, 0.6) is 0 Å². The maximum absolute atomic E-state index is 12.1. The molecule has 164 valence electrons. The molecule has 0 spiro atoms. The van der Waals surface area contributed by atoms with E-state index in [1.54, 1.807) is 19.2 Å². The van der Waals surface area contributed by atoms with Gasteiger partial charge in [0.25, 0.3) is 0 Å². The Morgan fingerprint density at radius 3 is 2.23 bits per heavy atom. The Bertz CT molecular complexity index is 793. The molecule has 2 rings (SSSR count). The molecule has 0 atom stereocenters. The molecule has 2 aromatic rings. The minimum atomic E-state index is -4.31. The lowest BCUT2D eigenvalue weighted by atomic mass is 10.1. The van der Waals surface area contributed by atoms with Crippen molar-refractivity contribution in [3.63, 3.8) is 0 Å². The van der Waals surface area contributed by atoms with Gasteiger partial charge in [0.1, 0.15) is 6.61 Å². The summed E-state index contributed by atoms with van der Waals surface area (Å²) in [6.45, 7) is 3.00. The van der Waals surface area contributed by atoms with Gasteiger partial charge in [0.2, 0.25) is 0 Å². The average molecular weight is 423 g/mol. The zero-order valence-electron chi connectivity index (χ0n) is 17.3. The number of ether oxygens (including phenoxy) is 2. The third kappa shape index (κ3) is 8.84. The van der Waals surface area contributed by atoms with Gasteiger partial charge in [-0.05, 0) is 29.2 Å². The number of nitrogens with zero attached hydrogens (tertiary/aromatic N) is 1. The fraction of sp³-hybridized carbons (Fsp3) is 0.409. The van der Waals surface area contributed by atoms with Crippen LogP contribution in [0.4, 0.5) is 13.2 Å². The monoisotopic (exact) mass is 423 g/mol. The van der Waals surface area contributed by atoms with Crippen LogP contribution in [0, 0.1) is 0 Å². The van der Waals surface area contributed by atoms with E-state index in [1.807, 2.05) is 43.3 Å². The highest BCUT2D eigenvalue weighted by Crippen LogP contribution is 2.16. The molecule has 0 aliphatic heterocycles. The standard InChI is InChI=1S/C22H28F3N3O2/c1-3-26-21(28-13-19-6-4-5-7-20(19)15-29-2)27-12-17-8-10-18(11-9-17)14-30-16-22(23,24)25/h4-11H,3,12-16H2,1-2H3,(H2,26,27,28). The van der Waals surface area contributed by atoms with Crippen molar-refractivity contribution < 1.29 is 22.6 Å². The summed E-state index contributed by atoms with van der Waals surface area (Å²) in [5.74, 6) is 0.683. The Hall–Kier alpha value is -2.58. The summed E-state index contributed by atoms with van der Waals surface area (Å²) in [7, 11) is 1.67. The normalized spacial score (nSPS) is 12.1. The van der Waals surface area contributed by atoms with Crippen molar-refractivity contribution >= 4 is 5.96 Å². The Kier molecular flexibility index (Phi) is 9.63. The van der Waals surface area contributed by atoms with E-state index in [9.17, 15) is 13.2 Å². The third-order valence-electron chi connectivity index (χ3n) is 4.19. The molecule has 0 saturated carbocycles. The maximum atomic E-state index is 12.1. The molecule has 0 amide bonds. The molecular formula is C22H28F3N3O2. The summed E-state index contributed by atoms with van der Waals surface area (Å²) in [6.07, 6.45) is -4.31. The number of alkyl halides is 3. The SMILES string of the molecule is CCNC(=NCc1ccc(COCC(F)(F)F)cc1)NCc1ccccc1COC. The highest BCUT2D eigenvalue weighted by atomic mass is 19.4. The predicted octanol–water partition coefficient (Wildman–Crippen LogP) is 4.17. The molecule has 0 saturated heterocycles. The molecule has 2 N–H and O–H groups in total. The maximum Gasteiger partial charge on any atom is 0.411 e. The van der Waals surface area contributed by atoms with Crippen LogP contribution >= 0.6 is 0 Å². The molecule has 2 aromatic carbocycles. The van der Waals surface area contributed by atoms with E-state index in [-0.39, 0.29) is 6.61 Å². The number of hydrogen-bond donors (Lipinski definition) is 2. The topological polar surface area (TPSA) is 54.9 Å². The van der Waals surface area contributed by atoms with Crippen molar-refractivity contribution in [3.8, 4) is 0 Å². The van der Waals surface area contributed by atoms with Gasteiger partial charge in [0, 0.05) is 20.2 Å². The first kappa shape index (κ1) is 23.7. The molecule has 8 heteroatoms. The number of methoxy groups -OCH3 is 1. The minimum Gasteiger partial charge on any atom is -0.380 e. The Morgan fingerprint density at radius 2 is 1.60 bits per heavy atom. The molecule has 0 fully saturated rings. The van der Waals surface area contributed by atoms with E-state index in [0.717, 1.165) is 23.2 Å². The molecule has 0 unspecified atom stereocenters. The zero-order chi connectivity index (χ0) is 21.8. The molecular weight excluding hydrogens is 395 g/mol. The van der Waals surface area contributed by atoms with Gasteiger partial charge < -0.3 is 20.1 Å². The molecule has 0 aliphatic rings. The number of aliphatic imine (C=N–C) groups is 1. The molecule has 0 heterocycles. The van der Waals surface area contributed by atoms with Crippen LogP contribution in [0.25, 0.3) is 0 Å². The molecule has 30 heavy (non-hydrogen) atoms. The predicted molar refractivity (Wildman–Crippen MR) is 111 cm³/mol. The van der Waals surface area contributed by atoms with E-state index >= 15 is 0 Å². The van der Waals surface area contributed by atoms with Gasteiger partial charge in [-0.2, -0.15) is 13.2 Å². The van der Waals surface area contributed by atoms with Gasteiger partial charge in [-0.1, -0.05) is 48.5 Å². The lowest BCUT2D eigenvalue weighted by Crippen LogP contribution is -2.37. The first-order valence-electron chi connectivity index (χ1n) is 9.71. The van der Waals surface area contributed by atoms with Crippen LogP contribution in [-0.2, 0) is 35.8 Å². The van der Waals surface area contributed by atoms with Crippen LogP contribution in [-0.4, -0.2) is 32.4 Å². The third-order valence-corrected chi connectivity index (χ3v) is 4.19. The van der Waals surface area contributed by atoms with Gasteiger partial charge >= 0.3 is 6.18 Å². The summed E-state index contributed by atoms with van der Waals surface area (Å²) < 4.78 is 46.3. The van der Waals surface area contributed by atoms with Crippen molar-refractivity contribution in [1.29, 1.82) is 0 Å². The number of hydrogen-bond acceptors (Lipinski definition) is 3. The summed E-state index contributed by atoms with van der Waals surface area (Å²) in [4.78, 5) is 4.58. The average Bonchev–Trinajstić information content (AvgIpc) is 2.71. The van der Waals surface area contributed by atoms with E-state index in [4.69, 9.17) is 4.74 Å². The summed E-state index contributed by atoms with van der Waals surface area (Å²) >= 11 is 0. The molecule has 5 nitrogen and oxygen atoms in total. The summed E-state index contributed by atoms with van der Waals surface area (Å²) in [6, 6.07) is 15.2. The number of halogens is 3. The lowest BCUT2D eigenvalue weighted by molar-refractivity contribution is -0.176. The minimum absolute atomic E-state index is 0.0753. The second-order valence-corrected chi connectivity index (χ2v) is 6.67. The largest absolute Gasteiger partial charge is 0.411 e. The molecule has 0 bridgehead atoms. The summed E-state index contributed by atoms with van der Waals surface area (Å²) in [5.41, 5.74) is 3.89. The van der Waals surface area contributed by atoms with E-state index in [1.165, 1.54) is 0 Å². The van der Waals surface area contributed by atoms with Crippen molar-refractivity contribution in [2.24, 2.45) is 4.99 Å². The van der Waals surface area contributed by atoms with Gasteiger partial charge in [-0.25, -0.2) is 4.99 Å². The van der Waals surface area contributed by atoms with Crippen molar-refractivity contribution in [3.05, 3.63) is 70.8 Å². The van der Waals surface area contributed by atoms with E-state index in [2.05, 4.69) is 20.4 Å². The van der Waals surface area contributed by atoms with Crippen molar-refractivity contribution in [2.45, 2.75) is 39.4 Å². The van der Waals surface area contributed by atoms with Crippen LogP contribution in [0.15, 0.2) is 53.5 Å². The quantitative estimate of drug-likeness (QED) is 0.445. The first-order valence-corrected chi connectivity index (χ1v) is 9.71. The van der Waals surface area contributed by atoms with Gasteiger partial charge in [-0.15, -0.1) is 0 Å².